The molecule has 3 aromatic rings. The van der Waals surface area contributed by atoms with Crippen LogP contribution in [0.2, 0.25) is 0 Å². The van der Waals surface area contributed by atoms with Gasteiger partial charge in [0.05, 0.1) is 23.6 Å². The largest absolute Gasteiger partial charge is 0.508 e. The Balaban J connectivity index is 2.19. The lowest BCUT2D eigenvalue weighted by atomic mass is 10.1. The van der Waals surface area contributed by atoms with Gasteiger partial charge in [0, 0.05) is 0 Å². The van der Waals surface area contributed by atoms with Crippen molar-refractivity contribution in [3.05, 3.63) is 41.3 Å². The fourth-order valence-corrected chi connectivity index (χ4v) is 2.47. The maximum Gasteiger partial charge on any atom is 0.360 e. The zero-order valence-corrected chi connectivity index (χ0v) is 13.1. The molecule has 0 radical (unpaired) electrons. The standard InChI is InChI=1S/C16H16N4O3/c1-4-23-16(22)14-10(3)20-15(18-17-14)13(9(2)19-20)11-5-7-12(21)8-6-11/h5-8,21H,4H2,1-3H3. The number of benzene rings is 1. The van der Waals surface area contributed by atoms with Crippen LogP contribution >= 0.6 is 0 Å². The Morgan fingerprint density at radius 1 is 1.22 bits per heavy atom. The van der Waals surface area contributed by atoms with Crippen molar-refractivity contribution in [3.63, 3.8) is 0 Å². The van der Waals surface area contributed by atoms with Gasteiger partial charge in [0.15, 0.2) is 11.3 Å². The molecule has 0 aliphatic carbocycles. The number of phenols is 1. The van der Waals surface area contributed by atoms with E-state index >= 15 is 0 Å². The molecule has 0 spiro atoms. The highest BCUT2D eigenvalue weighted by atomic mass is 16.5. The Labute approximate surface area is 132 Å². The van der Waals surface area contributed by atoms with Crippen molar-refractivity contribution >= 4 is 11.6 Å². The molecule has 0 saturated carbocycles. The van der Waals surface area contributed by atoms with Crippen molar-refractivity contribution in [2.75, 3.05) is 6.61 Å². The van der Waals surface area contributed by atoms with Gasteiger partial charge in [0.25, 0.3) is 0 Å². The van der Waals surface area contributed by atoms with Gasteiger partial charge >= 0.3 is 5.97 Å². The van der Waals surface area contributed by atoms with Crippen LogP contribution in [0.4, 0.5) is 0 Å². The number of ether oxygens (including phenoxy) is 1. The third kappa shape index (κ3) is 2.50. The Morgan fingerprint density at radius 3 is 2.57 bits per heavy atom. The lowest BCUT2D eigenvalue weighted by Crippen LogP contribution is -2.14. The molecule has 118 valence electrons. The highest BCUT2D eigenvalue weighted by Crippen LogP contribution is 2.28. The summed E-state index contributed by atoms with van der Waals surface area (Å²) in [4.78, 5) is 11.9. The van der Waals surface area contributed by atoms with Crippen LogP contribution in [0.15, 0.2) is 24.3 Å². The average molecular weight is 312 g/mol. The molecule has 7 heteroatoms. The van der Waals surface area contributed by atoms with Gasteiger partial charge in [-0.2, -0.15) is 5.10 Å². The molecule has 2 aromatic heterocycles. The van der Waals surface area contributed by atoms with Crippen LogP contribution in [-0.4, -0.2) is 37.5 Å². The molecule has 2 heterocycles. The maximum atomic E-state index is 11.9. The van der Waals surface area contributed by atoms with Crippen LogP contribution in [0.5, 0.6) is 5.75 Å². The molecule has 0 fully saturated rings. The lowest BCUT2D eigenvalue weighted by Gasteiger charge is -2.05. The number of phenolic OH excluding ortho intramolecular Hbond substituents is 1. The summed E-state index contributed by atoms with van der Waals surface area (Å²) in [7, 11) is 0. The molecule has 0 saturated heterocycles. The second-order valence-electron chi connectivity index (χ2n) is 5.10. The summed E-state index contributed by atoms with van der Waals surface area (Å²) in [6, 6.07) is 6.78. The normalized spacial score (nSPS) is 10.9. The van der Waals surface area contributed by atoms with E-state index in [0.29, 0.717) is 11.3 Å². The van der Waals surface area contributed by atoms with Gasteiger partial charge in [0.1, 0.15) is 5.75 Å². The highest BCUT2D eigenvalue weighted by molar-refractivity contribution is 5.89. The molecule has 0 atom stereocenters. The van der Waals surface area contributed by atoms with Gasteiger partial charge in [-0.3, -0.25) is 0 Å². The molecule has 0 aliphatic rings. The van der Waals surface area contributed by atoms with Crippen LogP contribution in [0, 0.1) is 13.8 Å². The quantitative estimate of drug-likeness (QED) is 0.746. The second kappa shape index (κ2) is 5.68. The minimum Gasteiger partial charge on any atom is -0.508 e. The Bertz CT molecular complexity index is 884. The van der Waals surface area contributed by atoms with E-state index in [-0.39, 0.29) is 18.1 Å². The van der Waals surface area contributed by atoms with E-state index in [1.54, 1.807) is 42.6 Å². The summed E-state index contributed by atoms with van der Waals surface area (Å²) in [5.74, 6) is -0.325. The highest BCUT2D eigenvalue weighted by Gasteiger charge is 2.20. The van der Waals surface area contributed by atoms with E-state index in [9.17, 15) is 9.90 Å². The monoisotopic (exact) mass is 312 g/mol. The van der Waals surface area contributed by atoms with Crippen LogP contribution in [0.25, 0.3) is 16.8 Å². The van der Waals surface area contributed by atoms with E-state index in [1.165, 1.54) is 0 Å². The summed E-state index contributed by atoms with van der Waals surface area (Å²) >= 11 is 0. The number of hydrogen-bond acceptors (Lipinski definition) is 6. The smallest absolute Gasteiger partial charge is 0.360 e. The molecule has 1 N–H and O–H groups in total. The van der Waals surface area contributed by atoms with Crippen LogP contribution < -0.4 is 0 Å². The SMILES string of the molecule is CCOC(=O)c1nnc2c(-c3ccc(O)cc3)c(C)nn2c1C. The molecular weight excluding hydrogens is 296 g/mol. The summed E-state index contributed by atoms with van der Waals surface area (Å²) in [6.45, 7) is 5.62. The summed E-state index contributed by atoms with van der Waals surface area (Å²) < 4.78 is 6.58. The average Bonchev–Trinajstić information content (AvgIpc) is 2.86. The molecule has 3 rings (SSSR count). The van der Waals surface area contributed by atoms with Gasteiger partial charge in [-0.1, -0.05) is 12.1 Å². The van der Waals surface area contributed by atoms with E-state index < -0.39 is 5.97 Å². The van der Waals surface area contributed by atoms with Crippen LogP contribution in [0.3, 0.4) is 0 Å². The fraction of sp³-hybridized carbons (Fsp3) is 0.250. The number of nitrogens with zero attached hydrogens (tertiary/aromatic N) is 4. The van der Waals surface area contributed by atoms with Gasteiger partial charge < -0.3 is 9.84 Å². The maximum absolute atomic E-state index is 11.9. The van der Waals surface area contributed by atoms with E-state index in [4.69, 9.17) is 4.74 Å². The van der Waals surface area contributed by atoms with Crippen molar-refractivity contribution < 1.29 is 14.6 Å². The zero-order chi connectivity index (χ0) is 16.6. The minimum atomic E-state index is -0.515. The second-order valence-corrected chi connectivity index (χ2v) is 5.10. The van der Waals surface area contributed by atoms with Crippen molar-refractivity contribution in [1.29, 1.82) is 0 Å². The Kier molecular flexibility index (Phi) is 3.69. The number of aromatic nitrogens is 4. The lowest BCUT2D eigenvalue weighted by molar-refractivity contribution is 0.0516. The number of rotatable bonds is 3. The molecule has 23 heavy (non-hydrogen) atoms. The third-order valence-electron chi connectivity index (χ3n) is 3.57. The predicted octanol–water partition coefficient (Wildman–Crippen LogP) is 2.29. The molecule has 0 bridgehead atoms. The van der Waals surface area contributed by atoms with E-state index in [0.717, 1.165) is 16.8 Å². The molecule has 0 aliphatic heterocycles. The van der Waals surface area contributed by atoms with Crippen molar-refractivity contribution in [2.24, 2.45) is 0 Å². The number of esters is 1. The Hall–Kier alpha value is -2.96. The molecular formula is C16H16N4O3. The first-order valence-corrected chi connectivity index (χ1v) is 7.22. The molecule has 0 amide bonds. The third-order valence-corrected chi connectivity index (χ3v) is 3.57. The van der Waals surface area contributed by atoms with Crippen molar-refractivity contribution in [1.82, 2.24) is 19.8 Å². The van der Waals surface area contributed by atoms with Crippen molar-refractivity contribution in [2.45, 2.75) is 20.8 Å². The van der Waals surface area contributed by atoms with Crippen molar-refractivity contribution in [3.8, 4) is 16.9 Å². The number of aryl methyl sites for hydroxylation is 2. The van der Waals surface area contributed by atoms with Gasteiger partial charge in [-0.25, -0.2) is 9.31 Å². The number of carbonyl (C=O) groups excluding carboxylic acids is 1. The first-order chi connectivity index (χ1) is 11.0. The fourth-order valence-electron chi connectivity index (χ4n) is 2.47. The van der Waals surface area contributed by atoms with Crippen LogP contribution in [-0.2, 0) is 4.74 Å². The summed E-state index contributed by atoms with van der Waals surface area (Å²) in [5.41, 5.74) is 3.72. The summed E-state index contributed by atoms with van der Waals surface area (Å²) in [6.07, 6.45) is 0. The number of fused-ring (bicyclic) bond motifs is 1. The van der Waals surface area contributed by atoms with Gasteiger partial charge in [0.2, 0.25) is 0 Å². The number of carbonyl (C=O) groups is 1. The van der Waals surface area contributed by atoms with E-state index in [2.05, 4.69) is 15.3 Å². The molecule has 7 nitrogen and oxygen atoms in total. The van der Waals surface area contributed by atoms with Crippen LogP contribution in [0.1, 0.15) is 28.8 Å². The van der Waals surface area contributed by atoms with Gasteiger partial charge in [-0.05, 0) is 38.5 Å². The Morgan fingerprint density at radius 2 is 1.91 bits per heavy atom. The van der Waals surface area contributed by atoms with E-state index in [1.807, 2.05) is 6.92 Å². The minimum absolute atomic E-state index is 0.152. The topological polar surface area (TPSA) is 89.6 Å². The number of aromatic hydroxyl groups is 1. The predicted molar refractivity (Wildman–Crippen MR) is 83.3 cm³/mol. The molecule has 0 unspecified atom stereocenters. The summed E-state index contributed by atoms with van der Waals surface area (Å²) in [5, 5.41) is 22.0. The van der Waals surface area contributed by atoms with Gasteiger partial charge in [-0.15, -0.1) is 10.2 Å². The zero-order valence-electron chi connectivity index (χ0n) is 13.1. The first kappa shape index (κ1) is 15.0. The number of hydrogen-bond donors (Lipinski definition) is 1. The molecule has 1 aromatic carbocycles. The first-order valence-electron chi connectivity index (χ1n) is 7.22.